The zero-order valence-electron chi connectivity index (χ0n) is 12.9. The summed E-state index contributed by atoms with van der Waals surface area (Å²) in [6.45, 7) is 4.74. The lowest BCUT2D eigenvalue weighted by Crippen LogP contribution is -2.29. The lowest BCUT2D eigenvalue weighted by molar-refractivity contribution is 0.0945. The normalized spacial score (nSPS) is 11.4. The van der Waals surface area contributed by atoms with E-state index in [4.69, 9.17) is 4.74 Å². The van der Waals surface area contributed by atoms with Crippen LogP contribution in [0.2, 0.25) is 0 Å². The summed E-state index contributed by atoms with van der Waals surface area (Å²) < 4.78 is 5.11. The summed E-state index contributed by atoms with van der Waals surface area (Å²) in [7, 11) is 1.70. The number of ether oxygens (including phenoxy) is 1. The van der Waals surface area contributed by atoms with E-state index in [-0.39, 0.29) is 0 Å². The molecule has 0 bridgehead atoms. The molecular formula is C18H23NO2. The highest BCUT2D eigenvalue weighted by Crippen LogP contribution is 2.22. The molecule has 0 fully saturated rings. The molecule has 0 amide bonds. The number of hydrogen-bond acceptors (Lipinski definition) is 3. The van der Waals surface area contributed by atoms with Crippen molar-refractivity contribution in [2.75, 3.05) is 19.0 Å². The van der Waals surface area contributed by atoms with Gasteiger partial charge in [0.1, 0.15) is 0 Å². The van der Waals surface area contributed by atoms with Crippen LogP contribution in [0.15, 0.2) is 48.5 Å². The van der Waals surface area contributed by atoms with Crippen LogP contribution in [-0.2, 0) is 11.3 Å². The Bertz CT molecular complexity index is 553. The molecule has 0 heterocycles. The average Bonchev–Trinajstić information content (AvgIpc) is 2.46. The SMILES string of the molecule is COCc1ccc(-c2ccc(NCC(C)(C)O)cc2)cc1. The first-order valence-electron chi connectivity index (χ1n) is 7.12. The van der Waals surface area contributed by atoms with Gasteiger partial charge in [0.05, 0.1) is 12.2 Å². The first-order chi connectivity index (χ1) is 9.98. The van der Waals surface area contributed by atoms with Gasteiger partial charge in [0.15, 0.2) is 0 Å². The highest BCUT2D eigenvalue weighted by atomic mass is 16.5. The molecule has 0 aliphatic heterocycles. The van der Waals surface area contributed by atoms with E-state index in [9.17, 15) is 5.11 Å². The van der Waals surface area contributed by atoms with Crippen molar-refractivity contribution in [1.29, 1.82) is 0 Å². The highest BCUT2D eigenvalue weighted by molar-refractivity contribution is 5.66. The van der Waals surface area contributed by atoms with E-state index in [0.717, 1.165) is 5.69 Å². The molecule has 0 saturated heterocycles. The fraction of sp³-hybridized carbons (Fsp3) is 0.333. The molecule has 3 nitrogen and oxygen atoms in total. The van der Waals surface area contributed by atoms with E-state index >= 15 is 0 Å². The summed E-state index contributed by atoms with van der Waals surface area (Å²) in [5.41, 5.74) is 3.83. The Balaban J connectivity index is 2.04. The smallest absolute Gasteiger partial charge is 0.0763 e. The van der Waals surface area contributed by atoms with Crippen LogP contribution in [0.3, 0.4) is 0 Å². The molecule has 0 radical (unpaired) electrons. The number of nitrogens with one attached hydrogen (secondary N) is 1. The van der Waals surface area contributed by atoms with E-state index in [1.165, 1.54) is 16.7 Å². The Morgan fingerprint density at radius 1 is 0.952 bits per heavy atom. The molecule has 0 saturated carbocycles. The largest absolute Gasteiger partial charge is 0.389 e. The van der Waals surface area contributed by atoms with Crippen LogP contribution >= 0.6 is 0 Å². The van der Waals surface area contributed by atoms with Gasteiger partial charge in [-0.25, -0.2) is 0 Å². The number of benzene rings is 2. The van der Waals surface area contributed by atoms with Gasteiger partial charge in [-0.15, -0.1) is 0 Å². The average molecular weight is 285 g/mol. The molecule has 21 heavy (non-hydrogen) atoms. The van der Waals surface area contributed by atoms with Gasteiger partial charge in [-0.05, 0) is 42.7 Å². The Labute approximate surface area is 126 Å². The van der Waals surface area contributed by atoms with E-state index < -0.39 is 5.60 Å². The minimum absolute atomic E-state index is 0.526. The molecule has 0 aromatic heterocycles. The maximum atomic E-state index is 9.71. The number of methoxy groups -OCH3 is 1. The zero-order chi connectivity index (χ0) is 15.3. The molecule has 3 heteroatoms. The highest BCUT2D eigenvalue weighted by Gasteiger charge is 2.11. The molecule has 0 unspecified atom stereocenters. The molecular weight excluding hydrogens is 262 g/mol. The summed E-state index contributed by atoms with van der Waals surface area (Å²) in [5.74, 6) is 0. The van der Waals surface area contributed by atoms with Gasteiger partial charge in [-0.1, -0.05) is 36.4 Å². The predicted octanol–water partition coefficient (Wildman–Crippen LogP) is 3.68. The van der Waals surface area contributed by atoms with Crippen LogP contribution in [0.4, 0.5) is 5.69 Å². The minimum atomic E-state index is -0.712. The topological polar surface area (TPSA) is 41.5 Å². The van der Waals surface area contributed by atoms with Crippen LogP contribution in [0.1, 0.15) is 19.4 Å². The second-order valence-electron chi connectivity index (χ2n) is 5.87. The van der Waals surface area contributed by atoms with Crippen LogP contribution in [0.25, 0.3) is 11.1 Å². The molecule has 2 rings (SSSR count). The zero-order valence-corrected chi connectivity index (χ0v) is 12.9. The third-order valence-corrected chi connectivity index (χ3v) is 3.21. The van der Waals surface area contributed by atoms with Crippen molar-refractivity contribution in [1.82, 2.24) is 0 Å². The summed E-state index contributed by atoms with van der Waals surface area (Å²) in [6.07, 6.45) is 0. The Morgan fingerprint density at radius 3 is 1.95 bits per heavy atom. The molecule has 112 valence electrons. The Hall–Kier alpha value is -1.84. The molecule has 0 spiro atoms. The molecule has 2 N–H and O–H groups in total. The van der Waals surface area contributed by atoms with Gasteiger partial charge in [-0.2, -0.15) is 0 Å². The Morgan fingerprint density at radius 2 is 1.48 bits per heavy atom. The first kappa shape index (κ1) is 15.5. The number of anilines is 1. The van der Waals surface area contributed by atoms with Gasteiger partial charge < -0.3 is 15.2 Å². The quantitative estimate of drug-likeness (QED) is 0.850. The number of rotatable bonds is 6. The van der Waals surface area contributed by atoms with Gasteiger partial charge in [0.25, 0.3) is 0 Å². The third kappa shape index (κ3) is 4.88. The molecule has 0 aliphatic rings. The first-order valence-corrected chi connectivity index (χ1v) is 7.12. The second kappa shape index (κ2) is 6.74. The second-order valence-corrected chi connectivity index (χ2v) is 5.87. The number of aliphatic hydroxyl groups is 1. The van der Waals surface area contributed by atoms with Crippen molar-refractivity contribution >= 4 is 5.69 Å². The van der Waals surface area contributed by atoms with Gasteiger partial charge in [0, 0.05) is 19.3 Å². The van der Waals surface area contributed by atoms with Crippen molar-refractivity contribution < 1.29 is 9.84 Å². The Kier molecular flexibility index (Phi) is 4.99. The standard InChI is InChI=1S/C18H23NO2/c1-18(2,20)13-19-17-10-8-16(9-11-17)15-6-4-14(5-7-15)12-21-3/h4-11,19-20H,12-13H2,1-3H3. The van der Waals surface area contributed by atoms with E-state index in [1.807, 2.05) is 12.1 Å². The lowest BCUT2D eigenvalue weighted by Gasteiger charge is -2.18. The summed E-state index contributed by atoms with van der Waals surface area (Å²) >= 11 is 0. The maximum Gasteiger partial charge on any atom is 0.0763 e. The summed E-state index contributed by atoms with van der Waals surface area (Å²) in [4.78, 5) is 0. The fourth-order valence-corrected chi connectivity index (χ4v) is 2.06. The van der Waals surface area contributed by atoms with Gasteiger partial charge >= 0.3 is 0 Å². The summed E-state index contributed by atoms with van der Waals surface area (Å²) in [5, 5.41) is 12.9. The lowest BCUT2D eigenvalue weighted by atomic mass is 10.0. The molecule has 0 aliphatic carbocycles. The molecule has 0 atom stereocenters. The van der Waals surface area contributed by atoms with Crippen LogP contribution in [0.5, 0.6) is 0 Å². The van der Waals surface area contributed by atoms with Crippen molar-refractivity contribution in [2.45, 2.75) is 26.1 Å². The number of hydrogen-bond donors (Lipinski definition) is 2. The van der Waals surface area contributed by atoms with E-state index in [2.05, 4.69) is 41.7 Å². The molecule has 2 aromatic carbocycles. The van der Waals surface area contributed by atoms with Crippen LogP contribution in [0, 0.1) is 0 Å². The van der Waals surface area contributed by atoms with Crippen molar-refractivity contribution in [3.8, 4) is 11.1 Å². The van der Waals surface area contributed by atoms with Crippen molar-refractivity contribution in [3.63, 3.8) is 0 Å². The van der Waals surface area contributed by atoms with E-state index in [1.54, 1.807) is 21.0 Å². The predicted molar refractivity (Wildman–Crippen MR) is 87.4 cm³/mol. The van der Waals surface area contributed by atoms with Crippen LogP contribution < -0.4 is 5.32 Å². The van der Waals surface area contributed by atoms with Crippen LogP contribution in [-0.4, -0.2) is 24.4 Å². The van der Waals surface area contributed by atoms with Crippen molar-refractivity contribution in [3.05, 3.63) is 54.1 Å². The van der Waals surface area contributed by atoms with Gasteiger partial charge in [0.2, 0.25) is 0 Å². The minimum Gasteiger partial charge on any atom is -0.389 e. The van der Waals surface area contributed by atoms with Gasteiger partial charge in [-0.3, -0.25) is 0 Å². The van der Waals surface area contributed by atoms with E-state index in [0.29, 0.717) is 13.2 Å². The fourth-order valence-electron chi connectivity index (χ4n) is 2.06. The maximum absolute atomic E-state index is 9.71. The monoisotopic (exact) mass is 285 g/mol. The van der Waals surface area contributed by atoms with Crippen molar-refractivity contribution in [2.24, 2.45) is 0 Å². The third-order valence-electron chi connectivity index (χ3n) is 3.21. The molecule has 2 aromatic rings. The summed E-state index contributed by atoms with van der Waals surface area (Å²) in [6, 6.07) is 16.6.